The monoisotopic (exact) mass is 456 g/mol. The summed E-state index contributed by atoms with van der Waals surface area (Å²) in [4.78, 5) is 56.1. The van der Waals surface area contributed by atoms with Gasteiger partial charge in [-0.3, -0.25) is 19.4 Å². The van der Waals surface area contributed by atoms with Crippen LogP contribution in [0.2, 0.25) is 0 Å². The van der Waals surface area contributed by atoms with Crippen LogP contribution in [0.5, 0.6) is 0 Å². The topological polar surface area (TPSA) is 185 Å². The van der Waals surface area contributed by atoms with Gasteiger partial charge in [-0.2, -0.15) is 0 Å². The molecule has 12 nitrogen and oxygen atoms in total. The first kappa shape index (κ1) is 24.9. The van der Waals surface area contributed by atoms with Crippen LogP contribution < -0.4 is 21.9 Å². The highest BCUT2D eigenvalue weighted by Crippen LogP contribution is 2.18. The molecule has 12 heteroatoms. The van der Waals surface area contributed by atoms with E-state index in [1.165, 1.54) is 18.3 Å². The SMILES string of the molecule is CCOC(=O)CC(NC(=O)CNC(=O)c1cc(N=CNN)cc(C(=O)O)c1)c1cccnc1. The second kappa shape index (κ2) is 12.5. The molecule has 2 amide bonds. The fourth-order valence-electron chi connectivity index (χ4n) is 2.78. The molecule has 33 heavy (non-hydrogen) atoms. The Hall–Kier alpha value is -4.32. The minimum atomic E-state index is -1.25. The predicted molar refractivity (Wildman–Crippen MR) is 118 cm³/mol. The number of pyridine rings is 1. The molecule has 0 aliphatic carbocycles. The third-order valence-electron chi connectivity index (χ3n) is 4.22. The standard InChI is InChI=1S/C21H24N6O6/c1-2-33-19(29)9-17(13-4-3-5-23-10-13)27-18(28)11-24-20(30)14-6-15(21(31)32)8-16(7-14)25-12-26-22/h3-8,10,12,17H,2,9,11,22H2,1H3,(H,24,30)(H,25,26)(H,27,28)(H,31,32). The van der Waals surface area contributed by atoms with E-state index in [1.807, 2.05) is 0 Å². The Kier molecular flexibility index (Phi) is 9.46. The van der Waals surface area contributed by atoms with E-state index < -0.39 is 36.3 Å². The second-order valence-electron chi connectivity index (χ2n) is 6.60. The number of carboxylic acids is 1. The number of nitrogens with two attached hydrogens (primary N) is 1. The molecule has 0 saturated heterocycles. The predicted octanol–water partition coefficient (Wildman–Crippen LogP) is 0.443. The van der Waals surface area contributed by atoms with Crippen molar-refractivity contribution < 1.29 is 29.0 Å². The van der Waals surface area contributed by atoms with E-state index in [2.05, 4.69) is 26.0 Å². The van der Waals surface area contributed by atoms with E-state index in [1.54, 1.807) is 25.3 Å². The van der Waals surface area contributed by atoms with Crippen LogP contribution in [0.1, 0.15) is 45.7 Å². The molecule has 1 unspecified atom stereocenters. The van der Waals surface area contributed by atoms with Gasteiger partial charge in [0.1, 0.15) is 6.34 Å². The second-order valence-corrected chi connectivity index (χ2v) is 6.60. The lowest BCUT2D eigenvalue weighted by Gasteiger charge is -2.18. The summed E-state index contributed by atoms with van der Waals surface area (Å²) in [5.41, 5.74) is 2.77. The molecule has 2 aromatic rings. The molecule has 1 aromatic heterocycles. The molecule has 6 N–H and O–H groups in total. The number of ether oxygens (including phenoxy) is 1. The fraction of sp³-hybridized carbons (Fsp3) is 0.238. The van der Waals surface area contributed by atoms with Crippen molar-refractivity contribution in [1.82, 2.24) is 21.0 Å². The van der Waals surface area contributed by atoms with Crippen LogP contribution in [0.3, 0.4) is 0 Å². The zero-order valence-electron chi connectivity index (χ0n) is 17.8. The summed E-state index contributed by atoms with van der Waals surface area (Å²) in [6.45, 7) is 1.46. The number of nitrogens with one attached hydrogen (secondary N) is 3. The van der Waals surface area contributed by atoms with Gasteiger partial charge in [-0.05, 0) is 36.8 Å². The summed E-state index contributed by atoms with van der Waals surface area (Å²) in [6.07, 6.45) is 4.08. The van der Waals surface area contributed by atoms with Crippen molar-refractivity contribution in [3.05, 3.63) is 59.4 Å². The van der Waals surface area contributed by atoms with E-state index in [-0.39, 0.29) is 29.8 Å². The van der Waals surface area contributed by atoms with Crippen LogP contribution in [0.15, 0.2) is 47.7 Å². The first-order chi connectivity index (χ1) is 15.8. The Morgan fingerprint density at radius 1 is 1.24 bits per heavy atom. The number of hydrazine groups is 1. The summed E-state index contributed by atoms with van der Waals surface area (Å²) in [5, 5.41) is 14.3. The maximum absolute atomic E-state index is 12.5. The number of carboxylic acid groups (broad SMARTS) is 1. The molecule has 0 spiro atoms. The van der Waals surface area contributed by atoms with Crippen molar-refractivity contribution in [2.45, 2.75) is 19.4 Å². The maximum atomic E-state index is 12.5. The number of carbonyl (C=O) groups excluding carboxylic acids is 3. The third kappa shape index (κ3) is 8.03. The Morgan fingerprint density at radius 2 is 2.00 bits per heavy atom. The summed E-state index contributed by atoms with van der Waals surface area (Å²) in [6, 6.07) is 6.41. The fourth-order valence-corrected chi connectivity index (χ4v) is 2.78. The first-order valence-corrected chi connectivity index (χ1v) is 9.84. The van der Waals surface area contributed by atoms with Gasteiger partial charge < -0.3 is 25.9 Å². The van der Waals surface area contributed by atoms with Crippen molar-refractivity contribution in [2.24, 2.45) is 10.8 Å². The first-order valence-electron chi connectivity index (χ1n) is 9.84. The lowest BCUT2D eigenvalue weighted by molar-refractivity contribution is -0.143. The summed E-state index contributed by atoms with van der Waals surface area (Å²) >= 11 is 0. The molecule has 0 bridgehead atoms. The van der Waals surface area contributed by atoms with Gasteiger partial charge in [-0.1, -0.05) is 6.07 Å². The number of hydrogen-bond donors (Lipinski definition) is 5. The number of aliphatic imine (C=N–C) groups is 1. The maximum Gasteiger partial charge on any atom is 0.335 e. The largest absolute Gasteiger partial charge is 0.478 e. The average molecular weight is 456 g/mol. The number of aromatic carboxylic acids is 1. The van der Waals surface area contributed by atoms with Gasteiger partial charge in [0.25, 0.3) is 5.91 Å². The molecule has 0 radical (unpaired) electrons. The minimum Gasteiger partial charge on any atom is -0.478 e. The molecular formula is C21H24N6O6. The molecule has 0 fully saturated rings. The van der Waals surface area contributed by atoms with Crippen LogP contribution in [0.25, 0.3) is 0 Å². The van der Waals surface area contributed by atoms with Crippen molar-refractivity contribution in [3.63, 3.8) is 0 Å². The number of carbonyl (C=O) groups is 4. The number of aromatic nitrogens is 1. The molecule has 1 heterocycles. The number of hydrogen-bond acceptors (Lipinski definition) is 8. The lowest BCUT2D eigenvalue weighted by atomic mass is 10.1. The van der Waals surface area contributed by atoms with Crippen molar-refractivity contribution in [3.8, 4) is 0 Å². The molecular weight excluding hydrogens is 432 g/mol. The number of benzene rings is 1. The molecule has 1 atom stereocenters. The van der Waals surface area contributed by atoms with Gasteiger partial charge in [-0.25, -0.2) is 15.6 Å². The normalized spacial score (nSPS) is 11.5. The van der Waals surface area contributed by atoms with Crippen LogP contribution in [0.4, 0.5) is 5.69 Å². The highest BCUT2D eigenvalue weighted by atomic mass is 16.5. The van der Waals surface area contributed by atoms with Gasteiger partial charge in [0.15, 0.2) is 0 Å². The molecule has 0 aliphatic rings. The van der Waals surface area contributed by atoms with Gasteiger partial charge in [0.2, 0.25) is 5.91 Å². The van der Waals surface area contributed by atoms with E-state index in [0.717, 1.165) is 12.4 Å². The van der Waals surface area contributed by atoms with Gasteiger partial charge in [-0.15, -0.1) is 0 Å². The van der Waals surface area contributed by atoms with E-state index >= 15 is 0 Å². The molecule has 1 aromatic carbocycles. The van der Waals surface area contributed by atoms with Crippen LogP contribution in [0, 0.1) is 0 Å². The van der Waals surface area contributed by atoms with Gasteiger partial charge >= 0.3 is 11.9 Å². The number of nitrogens with zero attached hydrogens (tertiary/aromatic N) is 2. The summed E-state index contributed by atoms with van der Waals surface area (Å²) in [5.74, 6) is 2.10. The Labute approximate surface area is 189 Å². The molecule has 0 aliphatic heterocycles. The van der Waals surface area contributed by atoms with Crippen LogP contribution in [-0.4, -0.2) is 53.3 Å². The zero-order chi connectivity index (χ0) is 24.2. The highest BCUT2D eigenvalue weighted by molar-refractivity contribution is 6.00. The van der Waals surface area contributed by atoms with E-state index in [4.69, 9.17) is 10.6 Å². The molecule has 0 saturated carbocycles. The Bertz CT molecular complexity index is 1030. The lowest BCUT2D eigenvalue weighted by Crippen LogP contribution is -2.39. The summed E-state index contributed by atoms with van der Waals surface area (Å²) in [7, 11) is 0. The number of amides is 2. The van der Waals surface area contributed by atoms with E-state index in [9.17, 15) is 24.3 Å². The number of rotatable bonds is 11. The van der Waals surface area contributed by atoms with Gasteiger partial charge in [0, 0.05) is 18.0 Å². The quantitative estimate of drug-likeness (QED) is 0.105. The molecule has 2 rings (SSSR count). The minimum absolute atomic E-state index is 0.0118. The van der Waals surface area contributed by atoms with Crippen LogP contribution in [-0.2, 0) is 14.3 Å². The third-order valence-corrected chi connectivity index (χ3v) is 4.22. The summed E-state index contributed by atoms with van der Waals surface area (Å²) < 4.78 is 4.95. The van der Waals surface area contributed by atoms with Gasteiger partial charge in [0.05, 0.1) is 36.9 Å². The average Bonchev–Trinajstić information content (AvgIpc) is 2.81. The highest BCUT2D eigenvalue weighted by Gasteiger charge is 2.20. The zero-order valence-corrected chi connectivity index (χ0v) is 17.8. The molecule has 174 valence electrons. The van der Waals surface area contributed by atoms with Crippen molar-refractivity contribution in [1.29, 1.82) is 0 Å². The van der Waals surface area contributed by atoms with E-state index in [0.29, 0.717) is 5.56 Å². The van der Waals surface area contributed by atoms with Crippen molar-refractivity contribution in [2.75, 3.05) is 13.2 Å². The smallest absolute Gasteiger partial charge is 0.335 e. The number of esters is 1. The Morgan fingerprint density at radius 3 is 2.64 bits per heavy atom. The Balaban J connectivity index is 2.08. The van der Waals surface area contributed by atoms with Crippen molar-refractivity contribution >= 4 is 35.8 Å². The van der Waals surface area contributed by atoms with Crippen LogP contribution >= 0.6 is 0 Å².